The van der Waals surface area contributed by atoms with Crippen molar-refractivity contribution in [3.63, 3.8) is 0 Å². The Hall–Kier alpha value is -2.36. The van der Waals surface area contributed by atoms with Gasteiger partial charge in [0.25, 0.3) is 0 Å². The van der Waals surface area contributed by atoms with E-state index < -0.39 is 0 Å². The molecule has 0 aliphatic heterocycles. The summed E-state index contributed by atoms with van der Waals surface area (Å²) in [6.45, 7) is 8.29. The molecule has 0 saturated heterocycles. The fourth-order valence-electron chi connectivity index (χ4n) is 3.01. The average Bonchev–Trinajstić information content (AvgIpc) is 2.65. The highest BCUT2D eigenvalue weighted by Gasteiger charge is 2.16. The van der Waals surface area contributed by atoms with Crippen LogP contribution in [0, 0.1) is 5.92 Å². The topological polar surface area (TPSA) is 49.3 Å². The molecule has 0 aliphatic rings. The minimum Gasteiger partial charge on any atom is -0.356 e. The van der Waals surface area contributed by atoms with Crippen LogP contribution in [0.5, 0.6) is 0 Å². The zero-order valence-corrected chi connectivity index (χ0v) is 15.8. The van der Waals surface area contributed by atoms with Crippen molar-refractivity contribution in [2.75, 3.05) is 13.6 Å². The summed E-state index contributed by atoms with van der Waals surface area (Å²) in [6.07, 6.45) is 4.82. The van der Waals surface area contributed by atoms with E-state index in [1.807, 2.05) is 25.5 Å². The lowest BCUT2D eigenvalue weighted by Gasteiger charge is -2.23. The average molecular weight is 338 g/mol. The van der Waals surface area contributed by atoms with Gasteiger partial charge < -0.3 is 10.6 Å². The minimum absolute atomic E-state index is 0.398. The van der Waals surface area contributed by atoms with Gasteiger partial charge in [-0.25, -0.2) is 0 Å². The number of hydrogen-bond donors (Lipinski definition) is 2. The molecule has 1 heterocycles. The van der Waals surface area contributed by atoms with E-state index in [4.69, 9.17) is 0 Å². The first kappa shape index (κ1) is 19.0. The monoisotopic (exact) mass is 338 g/mol. The van der Waals surface area contributed by atoms with Crippen LogP contribution in [-0.2, 0) is 13.0 Å². The van der Waals surface area contributed by atoms with Gasteiger partial charge in [-0.15, -0.1) is 0 Å². The van der Waals surface area contributed by atoms with Gasteiger partial charge in [0.2, 0.25) is 0 Å². The molecule has 25 heavy (non-hydrogen) atoms. The second-order valence-corrected chi connectivity index (χ2v) is 6.57. The molecule has 0 bridgehead atoms. The molecule has 4 nitrogen and oxygen atoms in total. The molecule has 2 N–H and O–H groups in total. The first-order chi connectivity index (χ1) is 12.2. The normalized spacial score (nSPS) is 12.9. The molecule has 0 aliphatic carbocycles. The van der Waals surface area contributed by atoms with E-state index in [1.165, 1.54) is 16.7 Å². The molecule has 4 heteroatoms. The second-order valence-electron chi connectivity index (χ2n) is 6.57. The summed E-state index contributed by atoms with van der Waals surface area (Å²) in [4.78, 5) is 8.62. The van der Waals surface area contributed by atoms with E-state index >= 15 is 0 Å². The van der Waals surface area contributed by atoms with Gasteiger partial charge in [-0.1, -0.05) is 51.1 Å². The molecule has 1 atom stereocenters. The Balaban J connectivity index is 1.95. The maximum atomic E-state index is 4.36. The Morgan fingerprint density at radius 3 is 2.44 bits per heavy atom. The molecule has 0 fully saturated rings. The molecule has 0 saturated carbocycles. The number of hydrogen-bond acceptors (Lipinski definition) is 2. The predicted octanol–water partition coefficient (Wildman–Crippen LogP) is 3.75. The van der Waals surface area contributed by atoms with Crippen molar-refractivity contribution in [3.05, 3.63) is 65.5 Å². The van der Waals surface area contributed by atoms with Crippen molar-refractivity contribution in [2.24, 2.45) is 10.9 Å². The first-order valence-electron chi connectivity index (χ1n) is 9.06. The molecule has 0 radical (unpaired) electrons. The third kappa shape index (κ3) is 5.59. The van der Waals surface area contributed by atoms with Crippen molar-refractivity contribution < 1.29 is 0 Å². The number of pyridine rings is 1. The van der Waals surface area contributed by atoms with E-state index in [-0.39, 0.29) is 0 Å². The van der Waals surface area contributed by atoms with Crippen LogP contribution < -0.4 is 10.6 Å². The highest BCUT2D eigenvalue weighted by atomic mass is 15.2. The van der Waals surface area contributed by atoms with Gasteiger partial charge in [-0.2, -0.15) is 0 Å². The van der Waals surface area contributed by atoms with E-state index in [9.17, 15) is 0 Å². The Morgan fingerprint density at radius 1 is 1.08 bits per heavy atom. The summed E-state index contributed by atoms with van der Waals surface area (Å²) < 4.78 is 0. The molecule has 0 amide bonds. The number of nitrogens with zero attached hydrogens (tertiary/aromatic N) is 2. The van der Waals surface area contributed by atoms with Crippen molar-refractivity contribution in [1.82, 2.24) is 15.6 Å². The first-order valence-corrected chi connectivity index (χ1v) is 9.06. The summed E-state index contributed by atoms with van der Waals surface area (Å²) in [5.41, 5.74) is 3.96. The maximum absolute atomic E-state index is 4.36. The van der Waals surface area contributed by atoms with Crippen LogP contribution in [0.25, 0.3) is 0 Å². The zero-order chi connectivity index (χ0) is 18.1. The number of aryl methyl sites for hydroxylation is 1. The SMILES string of the molecule is CCc1ccccc1CNC(=NC)NCC(c1cccnc1)C(C)C. The van der Waals surface area contributed by atoms with Crippen molar-refractivity contribution >= 4 is 5.96 Å². The van der Waals surface area contributed by atoms with Gasteiger partial charge in [-0.05, 0) is 35.1 Å². The number of guanidine groups is 1. The van der Waals surface area contributed by atoms with Crippen LogP contribution in [0.3, 0.4) is 0 Å². The van der Waals surface area contributed by atoms with Crippen LogP contribution in [0.15, 0.2) is 53.8 Å². The second kappa shape index (κ2) is 9.82. The third-order valence-corrected chi connectivity index (χ3v) is 4.58. The molecule has 2 rings (SSSR count). The van der Waals surface area contributed by atoms with Gasteiger partial charge in [0.1, 0.15) is 0 Å². The zero-order valence-electron chi connectivity index (χ0n) is 15.8. The molecular formula is C21H30N4. The minimum atomic E-state index is 0.398. The molecule has 1 aromatic heterocycles. The highest BCUT2D eigenvalue weighted by Crippen LogP contribution is 2.22. The number of aromatic nitrogens is 1. The summed E-state index contributed by atoms with van der Waals surface area (Å²) >= 11 is 0. The standard InChI is InChI=1S/C21H30N4/c1-5-17-9-6-7-10-18(17)14-24-21(22-4)25-15-20(16(2)3)19-11-8-12-23-13-19/h6-13,16,20H,5,14-15H2,1-4H3,(H2,22,24,25). The summed E-state index contributed by atoms with van der Waals surface area (Å²) in [5.74, 6) is 1.76. The fourth-order valence-corrected chi connectivity index (χ4v) is 3.01. The van der Waals surface area contributed by atoms with Crippen molar-refractivity contribution in [1.29, 1.82) is 0 Å². The lowest BCUT2D eigenvalue weighted by Crippen LogP contribution is -2.39. The molecular weight excluding hydrogens is 308 g/mol. The molecule has 2 aromatic rings. The van der Waals surface area contributed by atoms with E-state index in [2.05, 4.69) is 71.7 Å². The Bertz CT molecular complexity index is 665. The van der Waals surface area contributed by atoms with Gasteiger partial charge in [0, 0.05) is 38.4 Å². The third-order valence-electron chi connectivity index (χ3n) is 4.58. The molecule has 0 spiro atoms. The Kier molecular flexibility index (Phi) is 7.45. The van der Waals surface area contributed by atoms with E-state index in [0.717, 1.165) is 25.5 Å². The molecule has 134 valence electrons. The predicted molar refractivity (Wildman–Crippen MR) is 106 cm³/mol. The van der Waals surface area contributed by atoms with Crippen LogP contribution in [0.1, 0.15) is 43.4 Å². The quantitative estimate of drug-likeness (QED) is 0.597. The number of aliphatic imine (C=N–C) groups is 1. The number of rotatable bonds is 7. The Labute approximate surface area is 151 Å². The van der Waals surface area contributed by atoms with Gasteiger partial charge >= 0.3 is 0 Å². The summed E-state index contributed by atoms with van der Waals surface area (Å²) in [5, 5.41) is 6.90. The summed E-state index contributed by atoms with van der Waals surface area (Å²) in [7, 11) is 1.81. The molecule has 1 unspecified atom stereocenters. The lowest BCUT2D eigenvalue weighted by molar-refractivity contribution is 0.487. The van der Waals surface area contributed by atoms with E-state index in [1.54, 1.807) is 0 Å². The Morgan fingerprint density at radius 2 is 1.84 bits per heavy atom. The van der Waals surface area contributed by atoms with Crippen molar-refractivity contribution in [2.45, 2.75) is 39.7 Å². The van der Waals surface area contributed by atoms with Crippen LogP contribution in [-0.4, -0.2) is 24.5 Å². The lowest BCUT2D eigenvalue weighted by atomic mass is 9.89. The van der Waals surface area contributed by atoms with Gasteiger partial charge in [0.05, 0.1) is 0 Å². The van der Waals surface area contributed by atoms with Gasteiger partial charge in [0.15, 0.2) is 5.96 Å². The molecule has 1 aromatic carbocycles. The number of benzene rings is 1. The smallest absolute Gasteiger partial charge is 0.191 e. The van der Waals surface area contributed by atoms with Crippen LogP contribution in [0.2, 0.25) is 0 Å². The highest BCUT2D eigenvalue weighted by molar-refractivity contribution is 5.79. The fraction of sp³-hybridized carbons (Fsp3) is 0.429. The van der Waals surface area contributed by atoms with E-state index in [0.29, 0.717) is 11.8 Å². The maximum Gasteiger partial charge on any atom is 0.191 e. The largest absolute Gasteiger partial charge is 0.356 e. The van der Waals surface area contributed by atoms with Crippen LogP contribution in [0.4, 0.5) is 0 Å². The van der Waals surface area contributed by atoms with Crippen LogP contribution >= 0.6 is 0 Å². The number of nitrogens with one attached hydrogen (secondary N) is 2. The van der Waals surface area contributed by atoms with Gasteiger partial charge in [-0.3, -0.25) is 9.98 Å². The summed E-state index contributed by atoms with van der Waals surface area (Å²) in [6, 6.07) is 12.7. The van der Waals surface area contributed by atoms with Crippen molar-refractivity contribution in [3.8, 4) is 0 Å².